The van der Waals surface area contributed by atoms with Gasteiger partial charge in [-0.15, -0.1) is 0 Å². The van der Waals surface area contributed by atoms with E-state index in [1.54, 1.807) is 0 Å². The van der Waals surface area contributed by atoms with E-state index in [2.05, 4.69) is 26.1 Å². The summed E-state index contributed by atoms with van der Waals surface area (Å²) in [5, 5.41) is 3.28. The largest absolute Gasteiger partial charge is 0.344 e. The van der Waals surface area contributed by atoms with E-state index in [9.17, 15) is 4.79 Å². The number of hydrogen-bond donors (Lipinski definition) is 1. The zero-order valence-corrected chi connectivity index (χ0v) is 10.4. The number of hydrogen-bond acceptors (Lipinski definition) is 2. The highest BCUT2D eigenvalue weighted by Gasteiger charge is 2.30. The van der Waals surface area contributed by atoms with Crippen LogP contribution in [0.1, 0.15) is 33.6 Å². The molecule has 1 aliphatic heterocycles. The lowest BCUT2D eigenvalue weighted by atomic mass is 10.0. The average molecular weight is 212 g/mol. The first-order valence-corrected chi connectivity index (χ1v) is 6.00. The molecule has 0 spiro atoms. The van der Waals surface area contributed by atoms with Gasteiger partial charge in [-0.3, -0.25) is 4.79 Å². The van der Waals surface area contributed by atoms with Crippen LogP contribution in [0.3, 0.4) is 0 Å². The first kappa shape index (κ1) is 12.5. The molecule has 2 unspecified atom stereocenters. The fourth-order valence-corrected chi connectivity index (χ4v) is 1.96. The second-order valence-electron chi connectivity index (χ2n) is 5.14. The van der Waals surface area contributed by atoms with Gasteiger partial charge >= 0.3 is 0 Å². The molecule has 1 heterocycles. The molecule has 3 nitrogen and oxygen atoms in total. The van der Waals surface area contributed by atoms with E-state index < -0.39 is 0 Å². The summed E-state index contributed by atoms with van der Waals surface area (Å²) in [5.74, 6) is 1.41. The fraction of sp³-hybridized carbons (Fsp3) is 0.917. The van der Waals surface area contributed by atoms with Crippen molar-refractivity contribution < 1.29 is 4.79 Å². The molecule has 1 rings (SSSR count). The summed E-state index contributed by atoms with van der Waals surface area (Å²) in [7, 11) is 1.91. The summed E-state index contributed by atoms with van der Waals surface area (Å²) >= 11 is 0. The fourth-order valence-electron chi connectivity index (χ4n) is 1.96. The van der Waals surface area contributed by atoms with Gasteiger partial charge in [0.25, 0.3) is 0 Å². The Morgan fingerprint density at radius 3 is 2.67 bits per heavy atom. The molecule has 0 aromatic heterocycles. The van der Waals surface area contributed by atoms with Gasteiger partial charge in [0, 0.05) is 13.6 Å². The molecule has 1 N–H and O–H groups in total. The van der Waals surface area contributed by atoms with Gasteiger partial charge in [0.1, 0.15) is 0 Å². The Balaban J connectivity index is 2.38. The van der Waals surface area contributed by atoms with Gasteiger partial charge < -0.3 is 10.2 Å². The molecule has 1 aliphatic rings. The molecule has 0 aromatic rings. The van der Waals surface area contributed by atoms with Crippen LogP contribution in [0.25, 0.3) is 0 Å². The van der Waals surface area contributed by atoms with E-state index in [1.165, 1.54) is 0 Å². The molecule has 0 bridgehead atoms. The van der Waals surface area contributed by atoms with Crippen molar-refractivity contribution in [2.45, 2.75) is 39.7 Å². The van der Waals surface area contributed by atoms with Crippen molar-refractivity contribution in [2.24, 2.45) is 11.8 Å². The van der Waals surface area contributed by atoms with E-state index in [0.29, 0.717) is 11.8 Å². The normalized spacial score (nSPS) is 25.9. The zero-order chi connectivity index (χ0) is 11.4. The molecule has 0 radical (unpaired) electrons. The highest BCUT2D eigenvalue weighted by atomic mass is 16.2. The first-order chi connectivity index (χ1) is 7.02. The molecular weight excluding hydrogens is 188 g/mol. The monoisotopic (exact) mass is 212 g/mol. The van der Waals surface area contributed by atoms with Crippen molar-refractivity contribution in [3.05, 3.63) is 0 Å². The number of nitrogens with zero attached hydrogens (tertiary/aromatic N) is 1. The van der Waals surface area contributed by atoms with E-state index in [0.717, 1.165) is 25.9 Å². The van der Waals surface area contributed by atoms with Gasteiger partial charge in [0.15, 0.2) is 0 Å². The molecule has 15 heavy (non-hydrogen) atoms. The van der Waals surface area contributed by atoms with Crippen LogP contribution in [0.2, 0.25) is 0 Å². The summed E-state index contributed by atoms with van der Waals surface area (Å²) < 4.78 is 0. The van der Waals surface area contributed by atoms with Crippen LogP contribution >= 0.6 is 0 Å². The Morgan fingerprint density at radius 1 is 1.53 bits per heavy atom. The first-order valence-electron chi connectivity index (χ1n) is 6.00. The maximum Gasteiger partial charge on any atom is 0.239 e. The van der Waals surface area contributed by atoms with Gasteiger partial charge in [-0.05, 0) is 31.2 Å². The van der Waals surface area contributed by atoms with Crippen molar-refractivity contribution in [3.8, 4) is 0 Å². The highest BCUT2D eigenvalue weighted by molar-refractivity contribution is 5.82. The van der Waals surface area contributed by atoms with Crippen LogP contribution in [0, 0.1) is 11.8 Å². The minimum absolute atomic E-state index is 0.0576. The van der Waals surface area contributed by atoms with Crippen LogP contribution in [0.5, 0.6) is 0 Å². The third-order valence-corrected chi connectivity index (χ3v) is 3.22. The van der Waals surface area contributed by atoms with Crippen LogP contribution in [0.15, 0.2) is 0 Å². The average Bonchev–Trinajstić information content (AvgIpc) is 2.59. The molecule has 0 saturated carbocycles. The number of carbonyl (C=O) groups excluding carboxylic acids is 1. The van der Waals surface area contributed by atoms with Crippen molar-refractivity contribution in [2.75, 3.05) is 20.1 Å². The maximum absolute atomic E-state index is 12.0. The summed E-state index contributed by atoms with van der Waals surface area (Å²) in [4.78, 5) is 13.9. The van der Waals surface area contributed by atoms with Crippen LogP contribution < -0.4 is 5.32 Å². The maximum atomic E-state index is 12.0. The van der Waals surface area contributed by atoms with E-state index >= 15 is 0 Å². The zero-order valence-electron chi connectivity index (χ0n) is 10.4. The summed E-state index contributed by atoms with van der Waals surface area (Å²) in [6.45, 7) is 8.39. The summed E-state index contributed by atoms with van der Waals surface area (Å²) in [6.07, 6.45) is 2.21. The SMILES string of the molecule is CC(C)CCN(C)C(=O)C1NCCC1C. The van der Waals surface area contributed by atoms with Gasteiger partial charge in [0.2, 0.25) is 5.91 Å². The summed E-state index contributed by atoms with van der Waals surface area (Å²) in [5.41, 5.74) is 0. The second kappa shape index (κ2) is 5.50. The Morgan fingerprint density at radius 2 is 2.20 bits per heavy atom. The lowest BCUT2D eigenvalue weighted by Crippen LogP contribution is -2.44. The van der Waals surface area contributed by atoms with Gasteiger partial charge in [-0.1, -0.05) is 20.8 Å². The third-order valence-electron chi connectivity index (χ3n) is 3.22. The second-order valence-corrected chi connectivity index (χ2v) is 5.14. The molecule has 1 amide bonds. The molecule has 1 fully saturated rings. The number of carbonyl (C=O) groups is 1. The third kappa shape index (κ3) is 3.49. The quantitative estimate of drug-likeness (QED) is 0.765. The predicted molar refractivity (Wildman–Crippen MR) is 62.7 cm³/mol. The molecule has 0 aliphatic carbocycles. The van der Waals surface area contributed by atoms with Crippen molar-refractivity contribution in [3.63, 3.8) is 0 Å². The van der Waals surface area contributed by atoms with Crippen molar-refractivity contribution in [1.29, 1.82) is 0 Å². The number of nitrogens with one attached hydrogen (secondary N) is 1. The van der Waals surface area contributed by atoms with E-state index in [4.69, 9.17) is 0 Å². The van der Waals surface area contributed by atoms with Crippen LogP contribution in [-0.4, -0.2) is 37.0 Å². The Kier molecular flexibility index (Phi) is 4.58. The smallest absolute Gasteiger partial charge is 0.239 e. The lowest BCUT2D eigenvalue weighted by molar-refractivity contribution is -0.132. The number of likely N-dealkylation sites (N-methyl/N-ethyl adjacent to an activating group) is 1. The molecule has 88 valence electrons. The molecule has 0 aromatic carbocycles. The number of amides is 1. The molecule has 3 heteroatoms. The van der Waals surface area contributed by atoms with Crippen molar-refractivity contribution >= 4 is 5.91 Å². The van der Waals surface area contributed by atoms with Crippen LogP contribution in [0.4, 0.5) is 0 Å². The van der Waals surface area contributed by atoms with Crippen LogP contribution in [-0.2, 0) is 4.79 Å². The highest BCUT2D eigenvalue weighted by Crippen LogP contribution is 2.16. The minimum atomic E-state index is 0.0576. The van der Waals surface area contributed by atoms with Gasteiger partial charge in [-0.25, -0.2) is 0 Å². The van der Waals surface area contributed by atoms with E-state index in [-0.39, 0.29) is 11.9 Å². The van der Waals surface area contributed by atoms with Gasteiger partial charge in [0.05, 0.1) is 6.04 Å². The topological polar surface area (TPSA) is 32.3 Å². The Bertz CT molecular complexity index is 216. The minimum Gasteiger partial charge on any atom is -0.344 e. The Hall–Kier alpha value is -0.570. The molecular formula is C12H24N2O. The van der Waals surface area contributed by atoms with E-state index in [1.807, 2.05) is 11.9 Å². The standard InChI is InChI=1S/C12H24N2O/c1-9(2)6-8-14(4)12(15)11-10(3)5-7-13-11/h9-11,13H,5-8H2,1-4H3. The molecule has 2 atom stereocenters. The van der Waals surface area contributed by atoms with Crippen molar-refractivity contribution in [1.82, 2.24) is 10.2 Å². The Labute approximate surface area is 93.2 Å². The predicted octanol–water partition coefficient (Wildman–Crippen LogP) is 1.49. The lowest BCUT2D eigenvalue weighted by Gasteiger charge is -2.24. The summed E-state index contributed by atoms with van der Waals surface area (Å²) in [6, 6.07) is 0.0576. The molecule has 1 saturated heterocycles. The number of rotatable bonds is 4. The van der Waals surface area contributed by atoms with Gasteiger partial charge in [-0.2, -0.15) is 0 Å².